The Morgan fingerprint density at radius 2 is 2.21 bits per heavy atom. The van der Waals surface area contributed by atoms with Gasteiger partial charge in [0.1, 0.15) is 0 Å². The van der Waals surface area contributed by atoms with E-state index in [-0.39, 0.29) is 5.91 Å². The molecule has 2 rings (SSSR count). The smallest absolute Gasteiger partial charge is 0.272 e. The number of aryl methyl sites for hydroxylation is 1. The summed E-state index contributed by atoms with van der Waals surface area (Å²) in [6.07, 6.45) is 2.53. The Hall–Kier alpha value is -1.45. The van der Waals surface area contributed by atoms with Gasteiger partial charge in [-0.05, 0) is 6.42 Å². The second-order valence-corrected chi connectivity index (χ2v) is 2.69. The minimum atomic E-state index is -0.104. The molecule has 0 saturated carbocycles. The van der Waals surface area contributed by atoms with Gasteiger partial charge in [-0.1, -0.05) is 20.8 Å². The van der Waals surface area contributed by atoms with Gasteiger partial charge in [-0.15, -0.1) is 0 Å². The van der Waals surface area contributed by atoms with E-state index in [1.807, 2.05) is 20.8 Å². The molecule has 0 saturated heterocycles. The van der Waals surface area contributed by atoms with Crippen molar-refractivity contribution in [1.29, 1.82) is 0 Å². The summed E-state index contributed by atoms with van der Waals surface area (Å²) in [6.45, 7) is 6.51. The summed E-state index contributed by atoms with van der Waals surface area (Å²) >= 11 is 0. The van der Waals surface area contributed by atoms with Gasteiger partial charge in [0.15, 0.2) is 5.69 Å². The highest BCUT2D eigenvalue weighted by Crippen LogP contribution is 2.10. The van der Waals surface area contributed by atoms with Crippen LogP contribution in [0.4, 0.5) is 0 Å². The molecule has 0 atom stereocenters. The number of fused-ring (bicyclic) bond motifs is 1. The zero-order valence-corrected chi connectivity index (χ0v) is 8.79. The lowest BCUT2D eigenvalue weighted by Crippen LogP contribution is -2.13. The quantitative estimate of drug-likeness (QED) is 0.731. The number of carbonyl (C=O) groups excluding carboxylic acids is 1. The van der Waals surface area contributed by atoms with Crippen LogP contribution in [-0.4, -0.2) is 15.9 Å². The Bertz CT molecular complexity index is 336. The Balaban J connectivity index is 0.000000461. The van der Waals surface area contributed by atoms with Gasteiger partial charge in [-0.2, -0.15) is 0 Å². The molecule has 0 aromatic carbocycles. The maximum atomic E-state index is 11.1. The largest absolute Gasteiger partial charge is 0.345 e. The van der Waals surface area contributed by atoms with Crippen molar-refractivity contribution in [3.63, 3.8) is 0 Å². The first-order chi connectivity index (χ1) is 6.81. The average molecular weight is 193 g/mol. The molecule has 1 N–H and O–H groups in total. The number of hydrogen-bond donors (Lipinski definition) is 1. The first kappa shape index (κ1) is 10.6. The third-order valence-electron chi connectivity index (χ3n) is 1.89. The van der Waals surface area contributed by atoms with E-state index in [9.17, 15) is 4.79 Å². The molecule has 76 valence electrons. The monoisotopic (exact) mass is 193 g/mol. The van der Waals surface area contributed by atoms with E-state index >= 15 is 0 Å². The summed E-state index contributed by atoms with van der Waals surface area (Å²) < 4.78 is 0. The number of nitrogens with one attached hydrogen (secondary N) is 1. The predicted molar refractivity (Wildman–Crippen MR) is 53.9 cm³/mol. The van der Waals surface area contributed by atoms with Crippen molar-refractivity contribution in [1.82, 2.24) is 15.3 Å². The SMILES string of the molecule is CC.CCc1cnc2c(n1)C(=O)NC2. The Morgan fingerprint density at radius 1 is 1.50 bits per heavy atom. The fourth-order valence-corrected chi connectivity index (χ4v) is 1.18. The topological polar surface area (TPSA) is 54.9 Å². The molecule has 0 aliphatic carbocycles. The van der Waals surface area contributed by atoms with E-state index in [1.54, 1.807) is 6.20 Å². The highest BCUT2D eigenvalue weighted by Gasteiger charge is 2.21. The number of aromatic nitrogens is 2. The van der Waals surface area contributed by atoms with Crippen molar-refractivity contribution in [2.45, 2.75) is 33.7 Å². The Morgan fingerprint density at radius 3 is 2.86 bits per heavy atom. The Kier molecular flexibility index (Phi) is 3.56. The Labute approximate surface area is 83.8 Å². The van der Waals surface area contributed by atoms with Gasteiger partial charge in [0.05, 0.1) is 17.9 Å². The van der Waals surface area contributed by atoms with Gasteiger partial charge in [0.25, 0.3) is 5.91 Å². The van der Waals surface area contributed by atoms with Crippen LogP contribution in [0.1, 0.15) is 42.6 Å². The molecule has 4 nitrogen and oxygen atoms in total. The predicted octanol–water partition coefficient (Wildman–Crippen LogP) is 1.31. The second kappa shape index (κ2) is 4.69. The van der Waals surface area contributed by atoms with Crippen LogP contribution in [0.25, 0.3) is 0 Å². The molecule has 0 radical (unpaired) electrons. The zero-order chi connectivity index (χ0) is 10.6. The third-order valence-corrected chi connectivity index (χ3v) is 1.89. The van der Waals surface area contributed by atoms with Gasteiger partial charge in [-0.3, -0.25) is 9.78 Å². The molecule has 0 bridgehead atoms. The van der Waals surface area contributed by atoms with Crippen LogP contribution in [-0.2, 0) is 13.0 Å². The van der Waals surface area contributed by atoms with Crippen molar-refractivity contribution in [2.24, 2.45) is 0 Å². The van der Waals surface area contributed by atoms with Crippen LogP contribution >= 0.6 is 0 Å². The molecule has 4 heteroatoms. The molecule has 1 aliphatic rings. The lowest BCUT2D eigenvalue weighted by molar-refractivity contribution is 0.0961. The summed E-state index contributed by atoms with van der Waals surface area (Å²) in [5.41, 5.74) is 2.12. The highest BCUT2D eigenvalue weighted by atomic mass is 16.2. The maximum absolute atomic E-state index is 11.1. The molecule has 1 amide bonds. The summed E-state index contributed by atoms with van der Waals surface area (Å²) in [7, 11) is 0. The first-order valence-corrected chi connectivity index (χ1v) is 4.94. The highest BCUT2D eigenvalue weighted by molar-refractivity contribution is 5.95. The molecule has 0 unspecified atom stereocenters. The fraction of sp³-hybridized carbons (Fsp3) is 0.500. The molecular weight excluding hydrogens is 178 g/mol. The lowest BCUT2D eigenvalue weighted by atomic mass is 10.3. The van der Waals surface area contributed by atoms with E-state index in [2.05, 4.69) is 15.3 Å². The molecule has 1 aromatic rings. The molecule has 1 aliphatic heterocycles. The minimum Gasteiger partial charge on any atom is -0.345 e. The number of carbonyl (C=O) groups is 1. The van der Waals surface area contributed by atoms with E-state index in [0.717, 1.165) is 17.8 Å². The number of rotatable bonds is 1. The first-order valence-electron chi connectivity index (χ1n) is 4.94. The lowest BCUT2D eigenvalue weighted by Gasteiger charge is -1.96. The normalized spacial score (nSPS) is 12.6. The summed E-state index contributed by atoms with van der Waals surface area (Å²) in [5.74, 6) is -0.104. The summed E-state index contributed by atoms with van der Waals surface area (Å²) in [4.78, 5) is 19.4. The van der Waals surface area contributed by atoms with Crippen molar-refractivity contribution in [3.8, 4) is 0 Å². The van der Waals surface area contributed by atoms with Crippen LogP contribution in [0.15, 0.2) is 6.20 Å². The zero-order valence-electron chi connectivity index (χ0n) is 8.79. The van der Waals surface area contributed by atoms with Gasteiger partial charge in [0.2, 0.25) is 0 Å². The van der Waals surface area contributed by atoms with Gasteiger partial charge in [-0.25, -0.2) is 4.98 Å². The van der Waals surface area contributed by atoms with Crippen LogP contribution < -0.4 is 5.32 Å². The van der Waals surface area contributed by atoms with Crippen molar-refractivity contribution < 1.29 is 4.79 Å². The van der Waals surface area contributed by atoms with Crippen LogP contribution in [0, 0.1) is 0 Å². The summed E-state index contributed by atoms with van der Waals surface area (Å²) in [6, 6.07) is 0. The van der Waals surface area contributed by atoms with Crippen LogP contribution in [0.3, 0.4) is 0 Å². The number of amides is 1. The standard InChI is InChI=1S/C8H9N3O.C2H6/c1-2-5-3-9-6-4-10-8(12)7(6)11-5;1-2/h3H,2,4H2,1H3,(H,10,12);1-2H3. The number of nitrogens with zero attached hydrogens (tertiary/aromatic N) is 2. The molecule has 0 fully saturated rings. The molecule has 2 heterocycles. The molecular formula is C10H15N3O. The van der Waals surface area contributed by atoms with Gasteiger partial charge in [0, 0.05) is 6.20 Å². The van der Waals surface area contributed by atoms with E-state index in [0.29, 0.717) is 12.2 Å². The van der Waals surface area contributed by atoms with E-state index in [4.69, 9.17) is 0 Å². The second-order valence-electron chi connectivity index (χ2n) is 2.69. The summed E-state index contributed by atoms with van der Waals surface area (Å²) in [5, 5.41) is 2.67. The molecule has 14 heavy (non-hydrogen) atoms. The number of hydrogen-bond acceptors (Lipinski definition) is 3. The van der Waals surface area contributed by atoms with E-state index in [1.165, 1.54) is 0 Å². The van der Waals surface area contributed by atoms with Crippen molar-refractivity contribution in [2.75, 3.05) is 0 Å². The van der Waals surface area contributed by atoms with Crippen LogP contribution in [0.5, 0.6) is 0 Å². The molecule has 0 spiro atoms. The minimum absolute atomic E-state index is 0.104. The fourth-order valence-electron chi connectivity index (χ4n) is 1.18. The van der Waals surface area contributed by atoms with Crippen LogP contribution in [0.2, 0.25) is 0 Å². The van der Waals surface area contributed by atoms with E-state index < -0.39 is 0 Å². The van der Waals surface area contributed by atoms with Crippen molar-refractivity contribution >= 4 is 5.91 Å². The van der Waals surface area contributed by atoms with Gasteiger partial charge >= 0.3 is 0 Å². The average Bonchev–Trinajstić information content (AvgIpc) is 2.63. The van der Waals surface area contributed by atoms with Crippen molar-refractivity contribution in [3.05, 3.63) is 23.3 Å². The van der Waals surface area contributed by atoms with Gasteiger partial charge < -0.3 is 5.32 Å². The molecule has 1 aromatic heterocycles. The third kappa shape index (κ3) is 1.89. The maximum Gasteiger partial charge on any atom is 0.272 e.